The lowest BCUT2D eigenvalue weighted by atomic mass is 9.90. The Bertz CT molecular complexity index is 1620. The number of benzene rings is 2. The van der Waals surface area contributed by atoms with E-state index in [1.165, 1.54) is 18.4 Å². The molecule has 0 bridgehead atoms. The van der Waals surface area contributed by atoms with Crippen molar-refractivity contribution in [2.75, 3.05) is 5.32 Å². The minimum atomic E-state index is -0.641. The lowest BCUT2D eigenvalue weighted by Crippen LogP contribution is -2.49. The first-order valence-electron chi connectivity index (χ1n) is 12.8. The van der Waals surface area contributed by atoms with Crippen molar-refractivity contribution in [3.63, 3.8) is 0 Å². The molecule has 210 valence electrons. The molecule has 11 heteroatoms. The van der Waals surface area contributed by atoms with Gasteiger partial charge in [0.2, 0.25) is 0 Å². The summed E-state index contributed by atoms with van der Waals surface area (Å²) in [6.45, 7) is 0. The Labute approximate surface area is 241 Å². The fraction of sp³-hybridized carbons (Fsp3) is 0.200. The molecule has 0 spiro atoms. The Hall–Kier alpha value is -4.72. The van der Waals surface area contributed by atoms with Crippen LogP contribution in [-0.4, -0.2) is 34.0 Å². The Morgan fingerprint density at radius 2 is 1.85 bits per heavy atom. The maximum atomic E-state index is 13.7. The third kappa shape index (κ3) is 6.38. The molecule has 4 aromatic rings. The summed E-state index contributed by atoms with van der Waals surface area (Å²) in [6.07, 6.45) is 5.01. The van der Waals surface area contributed by atoms with Crippen LogP contribution in [0, 0.1) is 17.1 Å². The van der Waals surface area contributed by atoms with Crippen LogP contribution in [0.25, 0.3) is 22.4 Å². The van der Waals surface area contributed by atoms with Crippen LogP contribution in [0.15, 0.2) is 71.3 Å². The van der Waals surface area contributed by atoms with E-state index >= 15 is 0 Å². The standard InChI is InChI=1S/C30H26FN5O4.ClH/c31-19-10-11-20(26(37)14-19)25-15-21(22(16-32)28(34-25)36-30(39)27-9-4-12-40-27)17-5-3-6-18(13-17)29(38)35-24-8-2-1-7-23(24)33;/h3-6,9-15,23-24,37H,1-2,7-8,33H2,(H,35,38)(H,34,36,39);1H. The van der Waals surface area contributed by atoms with Crippen molar-refractivity contribution < 1.29 is 23.5 Å². The van der Waals surface area contributed by atoms with E-state index in [4.69, 9.17) is 10.2 Å². The Balaban J connectivity index is 0.00000387. The highest BCUT2D eigenvalue weighted by molar-refractivity contribution is 6.03. The van der Waals surface area contributed by atoms with Crippen LogP contribution in [-0.2, 0) is 0 Å². The minimum absolute atomic E-state index is 0. The molecule has 2 aromatic carbocycles. The first-order valence-corrected chi connectivity index (χ1v) is 12.8. The number of carbonyl (C=O) groups excluding carboxylic acids is 2. The van der Waals surface area contributed by atoms with E-state index in [0.717, 1.165) is 37.8 Å². The fourth-order valence-corrected chi connectivity index (χ4v) is 4.83. The molecule has 5 rings (SSSR count). The maximum Gasteiger partial charge on any atom is 0.292 e. The van der Waals surface area contributed by atoms with E-state index in [2.05, 4.69) is 21.7 Å². The average Bonchev–Trinajstić information content (AvgIpc) is 3.49. The number of carbonyl (C=O) groups is 2. The number of aromatic hydroxyl groups is 1. The van der Waals surface area contributed by atoms with Crippen molar-refractivity contribution >= 4 is 30.0 Å². The van der Waals surface area contributed by atoms with Gasteiger partial charge in [-0.05, 0) is 60.9 Å². The predicted octanol–water partition coefficient (Wildman–Crippen LogP) is 5.40. The Morgan fingerprint density at radius 1 is 1.05 bits per heavy atom. The molecule has 41 heavy (non-hydrogen) atoms. The molecule has 0 aliphatic heterocycles. The number of nitrogens with two attached hydrogens (primary N) is 1. The number of hydrogen-bond donors (Lipinski definition) is 4. The first kappa shape index (κ1) is 29.3. The summed E-state index contributed by atoms with van der Waals surface area (Å²) in [7, 11) is 0. The van der Waals surface area contributed by atoms with Crippen molar-refractivity contribution in [2.45, 2.75) is 37.8 Å². The second kappa shape index (κ2) is 12.6. The molecule has 1 aliphatic carbocycles. The number of aromatic nitrogens is 1. The molecule has 1 aliphatic rings. The number of nitriles is 1. The minimum Gasteiger partial charge on any atom is -0.507 e. The van der Waals surface area contributed by atoms with Crippen molar-refractivity contribution in [1.29, 1.82) is 5.26 Å². The number of rotatable bonds is 6. The van der Waals surface area contributed by atoms with Gasteiger partial charge in [-0.25, -0.2) is 9.37 Å². The summed E-state index contributed by atoms with van der Waals surface area (Å²) in [5.41, 5.74) is 7.79. The maximum absolute atomic E-state index is 13.7. The molecule has 1 fully saturated rings. The number of phenolic OH excluding ortho intramolecular Hbond substituents is 1. The van der Waals surface area contributed by atoms with Gasteiger partial charge in [0.15, 0.2) is 11.6 Å². The van der Waals surface area contributed by atoms with Gasteiger partial charge in [0.1, 0.15) is 23.2 Å². The second-order valence-electron chi connectivity index (χ2n) is 9.59. The van der Waals surface area contributed by atoms with E-state index in [0.29, 0.717) is 16.7 Å². The summed E-state index contributed by atoms with van der Waals surface area (Å²) in [6, 6.07) is 16.5. The number of nitrogens with one attached hydrogen (secondary N) is 2. The second-order valence-corrected chi connectivity index (χ2v) is 9.59. The van der Waals surface area contributed by atoms with Gasteiger partial charge in [-0.1, -0.05) is 25.0 Å². The van der Waals surface area contributed by atoms with Gasteiger partial charge in [-0.3, -0.25) is 9.59 Å². The summed E-state index contributed by atoms with van der Waals surface area (Å²) in [4.78, 5) is 30.3. The number of phenols is 1. The molecule has 1 saturated carbocycles. The van der Waals surface area contributed by atoms with Crippen LogP contribution in [0.3, 0.4) is 0 Å². The zero-order valence-corrected chi connectivity index (χ0v) is 22.6. The van der Waals surface area contributed by atoms with E-state index in [1.54, 1.807) is 36.4 Å². The fourth-order valence-electron chi connectivity index (χ4n) is 4.83. The SMILES string of the molecule is Cl.N#Cc1c(-c2cccc(C(=O)NC3CCCCC3N)c2)cc(-c2ccc(F)cc2O)nc1NC(=O)c1ccco1. The summed E-state index contributed by atoms with van der Waals surface area (Å²) < 4.78 is 18.9. The molecular formula is C30H27ClFN5O4. The highest BCUT2D eigenvalue weighted by Crippen LogP contribution is 2.36. The molecule has 9 nitrogen and oxygen atoms in total. The van der Waals surface area contributed by atoms with E-state index in [1.807, 2.05) is 0 Å². The first-order chi connectivity index (χ1) is 19.3. The zero-order valence-electron chi connectivity index (χ0n) is 21.8. The van der Waals surface area contributed by atoms with E-state index < -0.39 is 11.7 Å². The highest BCUT2D eigenvalue weighted by atomic mass is 35.5. The van der Waals surface area contributed by atoms with E-state index in [9.17, 15) is 24.3 Å². The topological polar surface area (TPSA) is 154 Å². The zero-order chi connectivity index (χ0) is 28.2. The summed E-state index contributed by atoms with van der Waals surface area (Å²) in [5.74, 6) is -2.04. The number of furan rings is 1. The van der Waals surface area contributed by atoms with Gasteiger partial charge in [0.05, 0.1) is 12.0 Å². The lowest BCUT2D eigenvalue weighted by molar-refractivity contribution is 0.0920. The van der Waals surface area contributed by atoms with Crippen molar-refractivity contribution in [3.05, 3.63) is 89.6 Å². The van der Waals surface area contributed by atoms with Crippen LogP contribution >= 0.6 is 12.4 Å². The van der Waals surface area contributed by atoms with Crippen LogP contribution in [0.5, 0.6) is 5.75 Å². The van der Waals surface area contributed by atoms with Crippen molar-refractivity contribution in [2.24, 2.45) is 5.73 Å². The van der Waals surface area contributed by atoms with Crippen LogP contribution < -0.4 is 16.4 Å². The van der Waals surface area contributed by atoms with Gasteiger partial charge in [-0.2, -0.15) is 5.26 Å². The quantitative estimate of drug-likeness (QED) is 0.240. The van der Waals surface area contributed by atoms with Crippen LogP contribution in [0.4, 0.5) is 10.2 Å². The van der Waals surface area contributed by atoms with Crippen LogP contribution in [0.2, 0.25) is 0 Å². The molecule has 2 heterocycles. The van der Waals surface area contributed by atoms with Gasteiger partial charge in [-0.15, -0.1) is 12.4 Å². The molecular weight excluding hydrogens is 549 g/mol. The number of amides is 2. The number of halogens is 2. The van der Waals surface area contributed by atoms with Gasteiger partial charge in [0.25, 0.3) is 11.8 Å². The third-order valence-corrected chi connectivity index (χ3v) is 6.92. The lowest BCUT2D eigenvalue weighted by Gasteiger charge is -2.29. The average molecular weight is 576 g/mol. The number of hydrogen-bond acceptors (Lipinski definition) is 7. The molecule has 5 N–H and O–H groups in total. The predicted molar refractivity (Wildman–Crippen MR) is 153 cm³/mol. The van der Waals surface area contributed by atoms with Crippen molar-refractivity contribution in [3.8, 4) is 34.2 Å². The molecule has 0 radical (unpaired) electrons. The van der Waals surface area contributed by atoms with Gasteiger partial charge < -0.3 is 25.9 Å². The number of anilines is 1. The molecule has 2 atom stereocenters. The molecule has 0 saturated heterocycles. The number of nitrogens with zero attached hydrogens (tertiary/aromatic N) is 2. The third-order valence-electron chi connectivity index (χ3n) is 6.92. The summed E-state index contributed by atoms with van der Waals surface area (Å²) >= 11 is 0. The molecule has 2 amide bonds. The Morgan fingerprint density at radius 3 is 2.56 bits per heavy atom. The number of pyridine rings is 1. The van der Waals surface area contributed by atoms with Gasteiger partial charge in [0, 0.05) is 34.8 Å². The van der Waals surface area contributed by atoms with Crippen molar-refractivity contribution in [1.82, 2.24) is 10.3 Å². The highest BCUT2D eigenvalue weighted by Gasteiger charge is 2.25. The molecule has 2 unspecified atom stereocenters. The monoisotopic (exact) mass is 575 g/mol. The molecule has 2 aromatic heterocycles. The van der Waals surface area contributed by atoms with Gasteiger partial charge >= 0.3 is 0 Å². The largest absolute Gasteiger partial charge is 0.507 e. The van der Waals surface area contributed by atoms with E-state index in [-0.39, 0.29) is 64.5 Å². The smallest absolute Gasteiger partial charge is 0.292 e. The normalized spacial score (nSPS) is 16.2. The summed E-state index contributed by atoms with van der Waals surface area (Å²) in [5, 5.41) is 26.2. The van der Waals surface area contributed by atoms with Crippen LogP contribution in [0.1, 0.15) is 52.2 Å². The Kier molecular flexibility index (Phi) is 9.02.